The van der Waals surface area contributed by atoms with Gasteiger partial charge in [-0.25, -0.2) is 0 Å². The Balaban J connectivity index is 1.86. The van der Waals surface area contributed by atoms with Gasteiger partial charge >= 0.3 is 0 Å². The molecule has 1 unspecified atom stereocenters. The predicted octanol–water partition coefficient (Wildman–Crippen LogP) is 3.20. The molecule has 122 valence electrons. The molecule has 1 saturated heterocycles. The van der Waals surface area contributed by atoms with Crippen molar-refractivity contribution in [1.82, 2.24) is 4.90 Å². The summed E-state index contributed by atoms with van der Waals surface area (Å²) in [6, 6.07) is 8.13. The first-order valence-electron chi connectivity index (χ1n) is 8.49. The summed E-state index contributed by atoms with van der Waals surface area (Å²) in [5.74, 6) is 0.791. The van der Waals surface area contributed by atoms with Gasteiger partial charge in [-0.2, -0.15) is 0 Å². The van der Waals surface area contributed by atoms with Gasteiger partial charge < -0.3 is 10.2 Å². The fourth-order valence-electron chi connectivity index (χ4n) is 3.18. The summed E-state index contributed by atoms with van der Waals surface area (Å²) in [4.78, 5) is 16.7. The summed E-state index contributed by atoms with van der Waals surface area (Å²) < 4.78 is 0. The van der Waals surface area contributed by atoms with Crippen molar-refractivity contribution < 1.29 is 4.79 Å². The quantitative estimate of drug-likeness (QED) is 0.876. The van der Waals surface area contributed by atoms with Crippen molar-refractivity contribution in [2.45, 2.75) is 33.6 Å². The number of benzene rings is 1. The zero-order valence-corrected chi connectivity index (χ0v) is 14.1. The number of likely N-dealkylation sites (tertiary alicyclic amines) is 1. The number of anilines is 2. The minimum absolute atomic E-state index is 0.0877. The Morgan fingerprint density at radius 1 is 1.27 bits per heavy atom. The Morgan fingerprint density at radius 3 is 2.55 bits per heavy atom. The molecule has 1 heterocycles. The minimum Gasteiger partial charge on any atom is -0.372 e. The fraction of sp³-hybridized carbons (Fsp3) is 0.611. The molecule has 0 saturated carbocycles. The van der Waals surface area contributed by atoms with Gasteiger partial charge in [0, 0.05) is 31.0 Å². The number of amides is 1. The molecule has 1 aliphatic rings. The van der Waals surface area contributed by atoms with Gasteiger partial charge in [-0.3, -0.25) is 9.69 Å². The molecular formula is C18H29N3O. The van der Waals surface area contributed by atoms with Crippen LogP contribution in [0, 0.1) is 5.92 Å². The largest absolute Gasteiger partial charge is 0.372 e. The van der Waals surface area contributed by atoms with E-state index in [9.17, 15) is 4.79 Å². The lowest BCUT2D eigenvalue weighted by atomic mass is 10.0. The first-order chi connectivity index (χ1) is 10.6. The lowest BCUT2D eigenvalue weighted by molar-refractivity contribution is -0.117. The molecule has 1 atom stereocenters. The standard InChI is InChI=1S/C18H29N3O/c1-4-21(5-2)17-10-8-16(9-11-17)19-18(22)14-20-12-6-7-15(3)13-20/h8-11,15H,4-7,12-14H2,1-3H3,(H,19,22). The molecule has 0 aromatic heterocycles. The molecule has 1 aliphatic heterocycles. The number of rotatable bonds is 6. The number of nitrogens with zero attached hydrogens (tertiary/aromatic N) is 2. The van der Waals surface area contributed by atoms with Gasteiger partial charge in [0.1, 0.15) is 0 Å². The van der Waals surface area contributed by atoms with E-state index in [4.69, 9.17) is 0 Å². The van der Waals surface area contributed by atoms with Crippen LogP contribution in [-0.2, 0) is 4.79 Å². The van der Waals surface area contributed by atoms with E-state index in [1.807, 2.05) is 12.1 Å². The lowest BCUT2D eigenvalue weighted by Crippen LogP contribution is -2.39. The number of hydrogen-bond acceptors (Lipinski definition) is 3. The van der Waals surface area contributed by atoms with Crippen LogP contribution in [0.5, 0.6) is 0 Å². The van der Waals surface area contributed by atoms with Crippen molar-refractivity contribution in [3.8, 4) is 0 Å². The van der Waals surface area contributed by atoms with Crippen LogP contribution >= 0.6 is 0 Å². The molecular weight excluding hydrogens is 274 g/mol. The van der Waals surface area contributed by atoms with Crippen molar-refractivity contribution in [2.24, 2.45) is 5.92 Å². The van der Waals surface area contributed by atoms with Gasteiger partial charge in [0.2, 0.25) is 5.91 Å². The molecule has 1 aromatic carbocycles. The SMILES string of the molecule is CCN(CC)c1ccc(NC(=O)CN2CCCC(C)C2)cc1. The molecule has 1 fully saturated rings. The minimum atomic E-state index is 0.0877. The summed E-state index contributed by atoms with van der Waals surface area (Å²) >= 11 is 0. The number of carbonyl (C=O) groups is 1. The normalized spacial score (nSPS) is 19.0. The van der Waals surface area contributed by atoms with Gasteiger partial charge in [0.25, 0.3) is 0 Å². The average molecular weight is 303 g/mol. The van der Waals surface area contributed by atoms with Gasteiger partial charge in [0.15, 0.2) is 0 Å². The summed E-state index contributed by atoms with van der Waals surface area (Å²) in [7, 11) is 0. The second-order valence-electron chi connectivity index (χ2n) is 6.25. The van der Waals surface area contributed by atoms with Crippen LogP contribution in [0.15, 0.2) is 24.3 Å². The van der Waals surface area contributed by atoms with E-state index in [-0.39, 0.29) is 5.91 Å². The molecule has 1 N–H and O–H groups in total. The Hall–Kier alpha value is -1.55. The van der Waals surface area contributed by atoms with Gasteiger partial charge in [-0.15, -0.1) is 0 Å². The Kier molecular flexibility index (Phi) is 6.25. The molecule has 22 heavy (non-hydrogen) atoms. The molecule has 0 spiro atoms. The molecule has 0 bridgehead atoms. The number of carbonyl (C=O) groups excluding carboxylic acids is 1. The monoisotopic (exact) mass is 303 g/mol. The maximum atomic E-state index is 12.2. The number of piperidine rings is 1. The predicted molar refractivity (Wildman–Crippen MR) is 93.5 cm³/mol. The second-order valence-corrected chi connectivity index (χ2v) is 6.25. The van der Waals surface area contributed by atoms with Gasteiger partial charge in [-0.05, 0) is 63.4 Å². The highest BCUT2D eigenvalue weighted by Crippen LogP contribution is 2.18. The average Bonchev–Trinajstić information content (AvgIpc) is 2.50. The topological polar surface area (TPSA) is 35.6 Å². The summed E-state index contributed by atoms with van der Waals surface area (Å²) in [6.07, 6.45) is 2.48. The fourth-order valence-corrected chi connectivity index (χ4v) is 3.18. The van der Waals surface area contributed by atoms with E-state index in [2.05, 4.69) is 48.0 Å². The number of nitrogens with one attached hydrogen (secondary N) is 1. The van der Waals surface area contributed by atoms with Gasteiger partial charge in [-0.1, -0.05) is 6.92 Å². The highest BCUT2D eigenvalue weighted by Gasteiger charge is 2.18. The van der Waals surface area contributed by atoms with Crippen LogP contribution in [0.3, 0.4) is 0 Å². The third-order valence-electron chi connectivity index (χ3n) is 4.39. The maximum Gasteiger partial charge on any atom is 0.238 e. The van der Waals surface area contributed by atoms with Crippen LogP contribution in [0.25, 0.3) is 0 Å². The first-order valence-corrected chi connectivity index (χ1v) is 8.49. The van der Waals surface area contributed by atoms with Crippen molar-refractivity contribution in [3.63, 3.8) is 0 Å². The number of hydrogen-bond donors (Lipinski definition) is 1. The molecule has 4 nitrogen and oxygen atoms in total. The van der Waals surface area contributed by atoms with Crippen LogP contribution in [0.1, 0.15) is 33.6 Å². The van der Waals surface area contributed by atoms with E-state index < -0.39 is 0 Å². The summed E-state index contributed by atoms with van der Waals surface area (Å²) in [5, 5.41) is 3.01. The van der Waals surface area contributed by atoms with E-state index in [1.54, 1.807) is 0 Å². The zero-order chi connectivity index (χ0) is 15.9. The zero-order valence-electron chi connectivity index (χ0n) is 14.1. The van der Waals surface area contributed by atoms with Crippen molar-refractivity contribution in [1.29, 1.82) is 0 Å². The molecule has 1 aromatic rings. The van der Waals surface area contributed by atoms with Crippen molar-refractivity contribution >= 4 is 17.3 Å². The second kappa shape index (κ2) is 8.18. The van der Waals surface area contributed by atoms with E-state index in [0.717, 1.165) is 31.9 Å². The summed E-state index contributed by atoms with van der Waals surface area (Å²) in [5.41, 5.74) is 2.08. The molecule has 2 rings (SSSR count). The highest BCUT2D eigenvalue weighted by atomic mass is 16.2. The Bertz CT molecular complexity index is 468. The lowest BCUT2D eigenvalue weighted by Gasteiger charge is -2.30. The molecule has 4 heteroatoms. The van der Waals surface area contributed by atoms with Crippen molar-refractivity contribution in [3.05, 3.63) is 24.3 Å². The van der Waals surface area contributed by atoms with E-state index in [0.29, 0.717) is 12.5 Å². The van der Waals surface area contributed by atoms with E-state index >= 15 is 0 Å². The van der Waals surface area contributed by atoms with E-state index in [1.165, 1.54) is 18.5 Å². The van der Waals surface area contributed by atoms with Gasteiger partial charge in [0.05, 0.1) is 6.54 Å². The highest BCUT2D eigenvalue weighted by molar-refractivity contribution is 5.92. The van der Waals surface area contributed by atoms with Crippen LogP contribution in [-0.4, -0.2) is 43.5 Å². The maximum absolute atomic E-state index is 12.2. The molecule has 0 radical (unpaired) electrons. The summed E-state index contributed by atoms with van der Waals surface area (Å²) in [6.45, 7) is 11.1. The van der Waals surface area contributed by atoms with Crippen LogP contribution in [0.2, 0.25) is 0 Å². The van der Waals surface area contributed by atoms with Crippen LogP contribution in [0.4, 0.5) is 11.4 Å². The first kappa shape index (κ1) is 16.8. The Morgan fingerprint density at radius 2 is 1.95 bits per heavy atom. The Labute approximate surface area is 134 Å². The third-order valence-corrected chi connectivity index (χ3v) is 4.39. The van der Waals surface area contributed by atoms with Crippen molar-refractivity contribution in [2.75, 3.05) is 42.9 Å². The van der Waals surface area contributed by atoms with Crippen LogP contribution < -0.4 is 10.2 Å². The smallest absolute Gasteiger partial charge is 0.238 e. The molecule has 1 amide bonds. The molecule has 0 aliphatic carbocycles. The third kappa shape index (κ3) is 4.73.